The Balaban J connectivity index is 2.05. The number of methoxy groups -OCH3 is 1. The van der Waals surface area contributed by atoms with Crippen LogP contribution in [0.1, 0.15) is 16.7 Å². The molecule has 3 rings (SSSR count). The first-order valence-corrected chi connectivity index (χ1v) is 11.2. The number of hydrogen-bond acceptors (Lipinski definition) is 8. The lowest BCUT2D eigenvalue weighted by molar-refractivity contribution is -0.137. The van der Waals surface area contributed by atoms with E-state index in [0.29, 0.717) is 28.4 Å². The van der Waals surface area contributed by atoms with Crippen molar-refractivity contribution in [2.75, 3.05) is 22.5 Å². The van der Waals surface area contributed by atoms with E-state index in [1.165, 1.54) is 25.4 Å². The number of ether oxygens (including phenoxy) is 1. The highest BCUT2D eigenvalue weighted by Crippen LogP contribution is 2.37. The highest BCUT2D eigenvalue weighted by Gasteiger charge is 2.35. The molecule has 1 aromatic carbocycles. The third-order valence-corrected chi connectivity index (χ3v) is 5.47. The number of anilines is 5. The number of rotatable bonds is 8. The van der Waals surface area contributed by atoms with Crippen molar-refractivity contribution in [1.82, 2.24) is 15.0 Å². The van der Waals surface area contributed by atoms with E-state index in [-0.39, 0.29) is 23.2 Å². The van der Waals surface area contributed by atoms with E-state index in [0.717, 1.165) is 0 Å². The van der Waals surface area contributed by atoms with Crippen molar-refractivity contribution in [1.29, 1.82) is 0 Å². The van der Waals surface area contributed by atoms with Gasteiger partial charge in [0.05, 0.1) is 24.2 Å². The molecule has 0 spiro atoms. The first kappa shape index (κ1) is 24.8. The third-order valence-electron chi connectivity index (χ3n) is 4.53. The van der Waals surface area contributed by atoms with Crippen LogP contribution in [-0.2, 0) is 16.2 Å². The molecular weight excluding hydrogens is 473 g/mol. The molecule has 2 heterocycles. The van der Waals surface area contributed by atoms with Crippen LogP contribution < -0.4 is 20.1 Å². The Labute approximate surface area is 194 Å². The second-order valence-electron chi connectivity index (χ2n) is 7.11. The van der Waals surface area contributed by atoms with Crippen LogP contribution in [0, 0.1) is 13.8 Å². The largest absolute Gasteiger partial charge is 0.481 e. The summed E-state index contributed by atoms with van der Waals surface area (Å²) in [5, 5.41) is 6.12. The lowest BCUT2D eigenvalue weighted by Crippen LogP contribution is -2.14. The molecule has 3 aromatic rings. The van der Waals surface area contributed by atoms with Gasteiger partial charge in [-0.05, 0) is 37.1 Å². The maximum Gasteiger partial charge on any atom is 0.421 e. The minimum atomic E-state index is -4.78. The molecule has 0 unspecified atom stereocenters. The van der Waals surface area contributed by atoms with Crippen LogP contribution in [0.3, 0.4) is 0 Å². The van der Waals surface area contributed by atoms with Crippen molar-refractivity contribution in [3.8, 4) is 5.88 Å². The van der Waals surface area contributed by atoms with E-state index in [4.69, 9.17) is 4.74 Å². The van der Waals surface area contributed by atoms with Crippen LogP contribution >= 0.6 is 0 Å². The predicted molar refractivity (Wildman–Crippen MR) is 123 cm³/mol. The highest BCUT2D eigenvalue weighted by molar-refractivity contribution is 7.95. The summed E-state index contributed by atoms with van der Waals surface area (Å²) in [6.45, 7) is 6.66. The first-order chi connectivity index (χ1) is 15.9. The number of nitrogens with one attached hydrogen (secondary N) is 3. The van der Waals surface area contributed by atoms with Gasteiger partial charge in [-0.25, -0.2) is 18.4 Å². The fourth-order valence-electron chi connectivity index (χ4n) is 2.79. The lowest BCUT2D eigenvalue weighted by Gasteiger charge is -2.18. The van der Waals surface area contributed by atoms with Gasteiger partial charge in [0.1, 0.15) is 11.4 Å². The van der Waals surface area contributed by atoms with E-state index >= 15 is 0 Å². The molecule has 13 heteroatoms. The second-order valence-corrected chi connectivity index (χ2v) is 8.74. The SMILES string of the molecule is C=CS(=O)(=O)Nc1cc(C)ccc1Nc1nc(Nc2cc(OC)ncc2C)ncc1C(F)(F)F. The summed E-state index contributed by atoms with van der Waals surface area (Å²) < 4.78 is 72.3. The molecule has 0 atom stereocenters. The molecule has 0 fully saturated rings. The van der Waals surface area contributed by atoms with Gasteiger partial charge in [-0.15, -0.1) is 0 Å². The van der Waals surface area contributed by atoms with Crippen molar-refractivity contribution in [3.05, 3.63) is 65.3 Å². The summed E-state index contributed by atoms with van der Waals surface area (Å²) in [5.74, 6) is -0.420. The Kier molecular flexibility index (Phi) is 6.96. The van der Waals surface area contributed by atoms with E-state index in [1.807, 2.05) is 0 Å². The average molecular weight is 494 g/mol. The normalized spacial score (nSPS) is 11.6. The van der Waals surface area contributed by atoms with Crippen molar-refractivity contribution >= 4 is 38.9 Å². The summed E-state index contributed by atoms with van der Waals surface area (Å²) in [5.41, 5.74) is 0.769. The quantitative estimate of drug-likeness (QED) is 0.405. The van der Waals surface area contributed by atoms with Gasteiger partial charge in [0.2, 0.25) is 11.8 Å². The molecule has 0 saturated carbocycles. The van der Waals surface area contributed by atoms with Gasteiger partial charge in [0, 0.05) is 23.9 Å². The van der Waals surface area contributed by atoms with Crippen molar-refractivity contribution in [3.63, 3.8) is 0 Å². The molecular formula is C21H21F3N6O3S. The standard InChI is InChI=1S/C21H21F3N6O3S/c1-5-34(31,32)30-17-8-12(2)6-7-15(17)27-19-14(21(22,23)24)11-26-20(29-19)28-16-9-18(33-4)25-10-13(16)3/h5-11,30H,1H2,2-4H3,(H2,25,26,27,28,29). The van der Waals surface area contributed by atoms with E-state index in [9.17, 15) is 21.6 Å². The molecule has 34 heavy (non-hydrogen) atoms. The molecule has 3 N–H and O–H groups in total. The van der Waals surface area contributed by atoms with Crippen LogP contribution in [-0.4, -0.2) is 30.5 Å². The number of aromatic nitrogens is 3. The molecule has 0 amide bonds. The zero-order valence-corrected chi connectivity index (χ0v) is 19.2. The maximum atomic E-state index is 13.7. The Hall–Kier alpha value is -3.87. The molecule has 9 nitrogen and oxygen atoms in total. The number of aryl methyl sites for hydroxylation is 2. The van der Waals surface area contributed by atoms with E-state index in [1.54, 1.807) is 26.0 Å². The molecule has 2 aromatic heterocycles. The van der Waals surface area contributed by atoms with Crippen LogP contribution in [0.15, 0.2) is 48.6 Å². The van der Waals surface area contributed by atoms with Crippen LogP contribution in [0.4, 0.5) is 42.0 Å². The van der Waals surface area contributed by atoms with Crippen LogP contribution in [0.25, 0.3) is 0 Å². The summed E-state index contributed by atoms with van der Waals surface area (Å²) in [7, 11) is -2.49. The van der Waals surface area contributed by atoms with Crippen molar-refractivity contribution in [2.24, 2.45) is 0 Å². The summed E-state index contributed by atoms with van der Waals surface area (Å²) >= 11 is 0. The number of alkyl halides is 3. The van der Waals surface area contributed by atoms with E-state index < -0.39 is 27.6 Å². The van der Waals surface area contributed by atoms with Crippen molar-refractivity contribution < 1.29 is 26.3 Å². The number of nitrogens with zero attached hydrogens (tertiary/aromatic N) is 3. The zero-order valence-electron chi connectivity index (χ0n) is 18.4. The molecule has 0 saturated heterocycles. The number of benzene rings is 1. The molecule has 0 aliphatic heterocycles. The summed E-state index contributed by atoms with van der Waals surface area (Å²) in [4.78, 5) is 11.8. The highest BCUT2D eigenvalue weighted by atomic mass is 32.2. The molecule has 0 radical (unpaired) electrons. The Bertz CT molecular complexity index is 1330. The minimum Gasteiger partial charge on any atom is -0.481 e. The summed E-state index contributed by atoms with van der Waals surface area (Å²) in [6.07, 6.45) is -2.62. The molecule has 0 aliphatic carbocycles. The van der Waals surface area contributed by atoms with Crippen LogP contribution in [0.2, 0.25) is 0 Å². The fraction of sp³-hybridized carbons (Fsp3) is 0.190. The van der Waals surface area contributed by atoms with Gasteiger partial charge in [-0.2, -0.15) is 18.2 Å². The van der Waals surface area contributed by atoms with Gasteiger partial charge in [0.15, 0.2) is 0 Å². The third kappa shape index (κ3) is 5.92. The second kappa shape index (κ2) is 9.55. The van der Waals surface area contributed by atoms with Gasteiger partial charge in [-0.1, -0.05) is 12.6 Å². The zero-order chi connectivity index (χ0) is 25.1. The number of pyridine rings is 1. The Morgan fingerprint density at radius 3 is 2.41 bits per heavy atom. The Morgan fingerprint density at radius 2 is 1.76 bits per heavy atom. The van der Waals surface area contributed by atoms with Gasteiger partial charge in [0.25, 0.3) is 10.0 Å². The smallest absolute Gasteiger partial charge is 0.421 e. The predicted octanol–water partition coefficient (Wildman–Crippen LogP) is 4.89. The number of sulfonamides is 1. The Morgan fingerprint density at radius 1 is 1.03 bits per heavy atom. The molecule has 180 valence electrons. The van der Waals surface area contributed by atoms with Gasteiger partial charge >= 0.3 is 6.18 Å². The lowest BCUT2D eigenvalue weighted by atomic mass is 10.2. The first-order valence-electron chi connectivity index (χ1n) is 9.66. The summed E-state index contributed by atoms with van der Waals surface area (Å²) in [6, 6.07) is 6.05. The monoisotopic (exact) mass is 494 g/mol. The number of halogens is 3. The van der Waals surface area contributed by atoms with Crippen molar-refractivity contribution in [2.45, 2.75) is 20.0 Å². The minimum absolute atomic E-state index is 0.0239. The average Bonchev–Trinajstić information content (AvgIpc) is 2.76. The fourth-order valence-corrected chi connectivity index (χ4v) is 3.35. The van der Waals surface area contributed by atoms with Gasteiger partial charge in [-0.3, -0.25) is 4.72 Å². The molecule has 0 aliphatic rings. The maximum absolute atomic E-state index is 13.7. The topological polar surface area (TPSA) is 118 Å². The molecule has 0 bridgehead atoms. The number of hydrogen-bond donors (Lipinski definition) is 3. The van der Waals surface area contributed by atoms with E-state index in [2.05, 4.69) is 36.9 Å². The van der Waals surface area contributed by atoms with Crippen LogP contribution in [0.5, 0.6) is 5.88 Å². The van der Waals surface area contributed by atoms with Gasteiger partial charge < -0.3 is 15.4 Å².